The van der Waals surface area contributed by atoms with Crippen LogP contribution in [0, 0.1) is 0 Å². The zero-order chi connectivity index (χ0) is 22.1. The van der Waals surface area contributed by atoms with Gasteiger partial charge in [0.2, 0.25) is 0 Å². The number of carbonyl (C=O) groups is 2. The normalized spacial score (nSPS) is 14.0. The van der Waals surface area contributed by atoms with E-state index in [4.69, 9.17) is 0 Å². The fourth-order valence-electron chi connectivity index (χ4n) is 3.84. The number of amides is 2. The Morgan fingerprint density at radius 2 is 1.66 bits per heavy atom. The van der Waals surface area contributed by atoms with Crippen LogP contribution in [0.15, 0.2) is 61.1 Å². The molecule has 1 fully saturated rings. The molecule has 4 aromatic rings. The molecule has 1 saturated heterocycles. The van der Waals surface area contributed by atoms with Crippen LogP contribution in [-0.4, -0.2) is 73.1 Å². The molecule has 1 aliphatic rings. The van der Waals surface area contributed by atoms with Crippen molar-refractivity contribution in [3.63, 3.8) is 0 Å². The number of pyridine rings is 2. The van der Waals surface area contributed by atoms with Crippen LogP contribution in [0.4, 0.5) is 0 Å². The lowest BCUT2D eigenvalue weighted by atomic mass is 10.1. The molecule has 4 heterocycles. The van der Waals surface area contributed by atoms with Crippen LogP contribution >= 0.6 is 0 Å². The van der Waals surface area contributed by atoms with Gasteiger partial charge in [-0.3, -0.25) is 19.7 Å². The van der Waals surface area contributed by atoms with E-state index in [1.807, 2.05) is 0 Å². The highest BCUT2D eigenvalue weighted by Crippen LogP contribution is 2.26. The van der Waals surface area contributed by atoms with Crippen molar-refractivity contribution < 1.29 is 14.7 Å². The van der Waals surface area contributed by atoms with Crippen molar-refractivity contribution >= 4 is 22.8 Å². The number of H-pyrrole nitrogens is 1. The van der Waals surface area contributed by atoms with Crippen LogP contribution in [0.5, 0.6) is 5.75 Å². The summed E-state index contributed by atoms with van der Waals surface area (Å²) in [7, 11) is 0. The molecule has 0 radical (unpaired) electrons. The molecule has 1 aromatic carbocycles. The minimum absolute atomic E-state index is 0.0825. The topological polar surface area (TPSA) is 115 Å². The van der Waals surface area contributed by atoms with Crippen molar-refractivity contribution in [2.75, 3.05) is 26.2 Å². The third-order valence-corrected chi connectivity index (χ3v) is 5.58. The van der Waals surface area contributed by atoms with Gasteiger partial charge < -0.3 is 14.9 Å². The number of aromatic hydroxyl groups is 1. The van der Waals surface area contributed by atoms with Crippen molar-refractivity contribution in [3.8, 4) is 17.0 Å². The minimum Gasteiger partial charge on any atom is -0.508 e. The molecule has 1 aliphatic heterocycles. The molecule has 0 unspecified atom stereocenters. The summed E-state index contributed by atoms with van der Waals surface area (Å²) in [6, 6.07) is 11.9. The van der Waals surface area contributed by atoms with Gasteiger partial charge in [0.25, 0.3) is 11.8 Å². The third kappa shape index (κ3) is 3.64. The number of nitrogens with one attached hydrogen (secondary N) is 1. The summed E-state index contributed by atoms with van der Waals surface area (Å²) in [6.45, 7) is 1.76. The first-order valence-electron chi connectivity index (χ1n) is 10.2. The van der Waals surface area contributed by atoms with E-state index in [9.17, 15) is 14.7 Å². The molecule has 0 aliphatic carbocycles. The summed E-state index contributed by atoms with van der Waals surface area (Å²) in [5, 5.41) is 17.1. The molecule has 0 spiro atoms. The Morgan fingerprint density at radius 3 is 2.34 bits per heavy atom. The van der Waals surface area contributed by atoms with Gasteiger partial charge in [-0.05, 0) is 42.5 Å². The van der Waals surface area contributed by atoms with Gasteiger partial charge in [0, 0.05) is 44.1 Å². The maximum absolute atomic E-state index is 13.4. The van der Waals surface area contributed by atoms with Crippen LogP contribution in [0.1, 0.15) is 20.7 Å². The lowest BCUT2D eigenvalue weighted by Crippen LogP contribution is -2.50. The molecule has 160 valence electrons. The van der Waals surface area contributed by atoms with E-state index in [0.29, 0.717) is 54.0 Å². The van der Waals surface area contributed by atoms with Crippen LogP contribution in [0.25, 0.3) is 22.3 Å². The van der Waals surface area contributed by atoms with E-state index >= 15 is 0 Å². The average Bonchev–Trinajstić information content (AvgIpc) is 3.32. The van der Waals surface area contributed by atoms with Crippen molar-refractivity contribution in [1.82, 2.24) is 30.0 Å². The molecule has 0 atom stereocenters. The lowest BCUT2D eigenvalue weighted by molar-refractivity contribution is 0.0536. The first-order valence-corrected chi connectivity index (χ1v) is 10.2. The molecule has 2 amide bonds. The highest BCUT2D eigenvalue weighted by molar-refractivity contribution is 6.06. The number of hydrogen-bond donors (Lipinski definition) is 2. The maximum atomic E-state index is 13.4. The first kappa shape index (κ1) is 19.7. The number of nitrogens with zero attached hydrogens (tertiary/aromatic N) is 5. The number of aromatic nitrogens is 4. The number of piperazine rings is 1. The number of aromatic amines is 1. The first-order chi connectivity index (χ1) is 15.6. The largest absolute Gasteiger partial charge is 0.508 e. The highest BCUT2D eigenvalue weighted by Gasteiger charge is 2.27. The Bertz CT molecular complexity index is 1280. The summed E-state index contributed by atoms with van der Waals surface area (Å²) < 4.78 is 0. The van der Waals surface area contributed by atoms with Gasteiger partial charge in [-0.15, -0.1) is 0 Å². The Hall–Kier alpha value is -4.27. The SMILES string of the molecule is O=C(c1cccnc1)N1CCN(C(=O)c2cc(-c3ccc(O)cc3)nc3[nH]ncc23)CC1. The van der Waals surface area contributed by atoms with E-state index in [1.165, 1.54) is 0 Å². The summed E-state index contributed by atoms with van der Waals surface area (Å²) >= 11 is 0. The molecule has 9 nitrogen and oxygen atoms in total. The van der Waals surface area contributed by atoms with Gasteiger partial charge >= 0.3 is 0 Å². The number of phenolic OH excluding ortho intramolecular Hbond substituents is 1. The van der Waals surface area contributed by atoms with E-state index in [1.54, 1.807) is 70.9 Å². The molecule has 5 rings (SSSR count). The fourth-order valence-corrected chi connectivity index (χ4v) is 3.84. The van der Waals surface area contributed by atoms with E-state index in [2.05, 4.69) is 20.2 Å². The second-order valence-corrected chi connectivity index (χ2v) is 7.56. The van der Waals surface area contributed by atoms with Crippen LogP contribution in [0.3, 0.4) is 0 Å². The van der Waals surface area contributed by atoms with Crippen molar-refractivity contribution in [2.24, 2.45) is 0 Å². The summed E-state index contributed by atoms with van der Waals surface area (Å²) in [4.78, 5) is 38.1. The number of rotatable bonds is 3. The summed E-state index contributed by atoms with van der Waals surface area (Å²) in [5.41, 5.74) is 2.94. The van der Waals surface area contributed by atoms with Gasteiger partial charge in [0.05, 0.1) is 28.4 Å². The Morgan fingerprint density at radius 1 is 0.938 bits per heavy atom. The van der Waals surface area contributed by atoms with Gasteiger partial charge in [0.15, 0.2) is 5.65 Å². The van der Waals surface area contributed by atoms with Crippen LogP contribution in [-0.2, 0) is 0 Å². The predicted molar refractivity (Wildman–Crippen MR) is 117 cm³/mol. The zero-order valence-electron chi connectivity index (χ0n) is 17.1. The monoisotopic (exact) mass is 428 g/mol. The third-order valence-electron chi connectivity index (χ3n) is 5.58. The molecule has 32 heavy (non-hydrogen) atoms. The van der Waals surface area contributed by atoms with Gasteiger partial charge in [-0.1, -0.05) is 0 Å². The lowest BCUT2D eigenvalue weighted by Gasteiger charge is -2.35. The van der Waals surface area contributed by atoms with Crippen molar-refractivity contribution in [1.29, 1.82) is 0 Å². The highest BCUT2D eigenvalue weighted by atomic mass is 16.3. The van der Waals surface area contributed by atoms with Crippen molar-refractivity contribution in [3.05, 3.63) is 72.2 Å². The zero-order valence-corrected chi connectivity index (χ0v) is 17.1. The molecule has 0 saturated carbocycles. The van der Waals surface area contributed by atoms with Gasteiger partial charge in [0.1, 0.15) is 5.75 Å². The molecular weight excluding hydrogens is 408 g/mol. The smallest absolute Gasteiger partial charge is 0.255 e. The average molecular weight is 428 g/mol. The molecule has 3 aromatic heterocycles. The Labute approximate surface area is 183 Å². The summed E-state index contributed by atoms with van der Waals surface area (Å²) in [6.07, 6.45) is 4.78. The van der Waals surface area contributed by atoms with Crippen LogP contribution < -0.4 is 0 Å². The number of phenols is 1. The molecule has 0 bridgehead atoms. The van der Waals surface area contributed by atoms with Gasteiger partial charge in [-0.25, -0.2) is 4.98 Å². The fraction of sp³-hybridized carbons (Fsp3) is 0.174. The van der Waals surface area contributed by atoms with Crippen LogP contribution in [0.2, 0.25) is 0 Å². The number of hydrogen-bond acceptors (Lipinski definition) is 6. The number of fused-ring (bicyclic) bond motifs is 1. The Balaban J connectivity index is 1.38. The number of benzene rings is 1. The minimum atomic E-state index is -0.132. The second-order valence-electron chi connectivity index (χ2n) is 7.56. The quantitative estimate of drug-likeness (QED) is 0.518. The number of carbonyl (C=O) groups excluding carboxylic acids is 2. The van der Waals surface area contributed by atoms with E-state index < -0.39 is 0 Å². The molecular formula is C23H20N6O3. The summed E-state index contributed by atoms with van der Waals surface area (Å²) in [5.74, 6) is -0.0559. The van der Waals surface area contributed by atoms with E-state index in [-0.39, 0.29) is 17.6 Å². The second kappa shape index (κ2) is 8.10. The maximum Gasteiger partial charge on any atom is 0.255 e. The Kier molecular flexibility index (Phi) is 4.98. The van der Waals surface area contributed by atoms with Gasteiger partial charge in [-0.2, -0.15) is 5.10 Å². The molecule has 2 N–H and O–H groups in total. The van der Waals surface area contributed by atoms with Crippen molar-refractivity contribution in [2.45, 2.75) is 0 Å². The molecule has 9 heteroatoms. The predicted octanol–water partition coefficient (Wildman–Crippen LogP) is 2.32. The standard InChI is InChI=1S/C23H20N6O3/c30-17-5-3-15(4-6-17)20-12-18(19-14-25-27-21(19)26-20)23(32)29-10-8-28(9-11-29)22(31)16-2-1-7-24-13-16/h1-7,12-14,30H,8-11H2,(H,25,26,27). The van der Waals surface area contributed by atoms with E-state index in [0.717, 1.165) is 5.56 Å².